The topological polar surface area (TPSA) is 86.7 Å². The fourth-order valence-corrected chi connectivity index (χ4v) is 5.10. The lowest BCUT2D eigenvalue weighted by molar-refractivity contribution is -0.137. The van der Waals surface area contributed by atoms with Gasteiger partial charge in [0.2, 0.25) is 0 Å². The number of hydrogen-bond acceptors (Lipinski definition) is 3. The molecule has 36 heavy (non-hydrogen) atoms. The molecule has 0 bridgehead atoms. The molecule has 0 fully saturated rings. The first-order valence-corrected chi connectivity index (χ1v) is 12.4. The first-order valence-electron chi connectivity index (χ1n) is 11.6. The highest BCUT2D eigenvalue weighted by Gasteiger charge is 2.34. The molecule has 0 aliphatic carbocycles. The van der Waals surface area contributed by atoms with E-state index in [1.807, 2.05) is 32.0 Å². The second-order valence-corrected chi connectivity index (χ2v) is 9.85. The van der Waals surface area contributed by atoms with Crippen LogP contribution in [0.1, 0.15) is 56.2 Å². The number of amides is 2. The molecule has 0 saturated heterocycles. The van der Waals surface area contributed by atoms with E-state index >= 15 is 0 Å². The molecule has 1 heterocycles. The third kappa shape index (κ3) is 5.25. The molecule has 3 aromatic rings. The number of fused-ring (bicyclic) bond motifs is 1. The highest BCUT2D eigenvalue weighted by molar-refractivity contribution is 6.31. The minimum atomic E-state index is -1.13. The van der Waals surface area contributed by atoms with E-state index in [1.54, 1.807) is 47.4 Å². The number of anilines is 2. The summed E-state index contributed by atoms with van der Waals surface area (Å²) in [5.74, 6) is -2.01. The van der Waals surface area contributed by atoms with Crippen molar-refractivity contribution in [3.8, 4) is 0 Å². The average molecular weight is 525 g/mol. The predicted octanol–water partition coefficient (Wildman–Crippen LogP) is 6.43. The van der Waals surface area contributed by atoms with E-state index in [-0.39, 0.29) is 11.8 Å². The maximum Gasteiger partial charge on any atom is 0.322 e. The lowest BCUT2D eigenvalue weighted by atomic mass is 9.90. The molecule has 1 aliphatic rings. The zero-order chi connectivity index (χ0) is 26.0. The van der Waals surface area contributed by atoms with Crippen LogP contribution in [0.25, 0.3) is 0 Å². The number of nitrogens with one attached hydrogen (secondary N) is 1. The summed E-state index contributed by atoms with van der Waals surface area (Å²) in [6.45, 7) is 4.11. The van der Waals surface area contributed by atoms with Crippen LogP contribution in [0.5, 0.6) is 0 Å². The molecule has 8 heteroatoms. The summed E-state index contributed by atoms with van der Waals surface area (Å²) < 4.78 is 0. The predicted molar refractivity (Wildman–Crippen MR) is 143 cm³/mol. The zero-order valence-electron chi connectivity index (χ0n) is 19.9. The normalized spacial score (nSPS) is 16.0. The van der Waals surface area contributed by atoms with Crippen LogP contribution in [0, 0.1) is 13.8 Å². The third-order valence-electron chi connectivity index (χ3n) is 6.52. The lowest BCUT2D eigenvalue weighted by Gasteiger charge is -2.26. The molecule has 0 aromatic heterocycles. The van der Waals surface area contributed by atoms with E-state index in [9.17, 15) is 19.5 Å². The van der Waals surface area contributed by atoms with Gasteiger partial charge in [-0.2, -0.15) is 0 Å². The summed E-state index contributed by atoms with van der Waals surface area (Å²) in [5.41, 5.74) is 4.50. The number of carboxylic acid groups (broad SMARTS) is 1. The van der Waals surface area contributed by atoms with Crippen LogP contribution in [-0.2, 0) is 4.79 Å². The van der Waals surface area contributed by atoms with Gasteiger partial charge in [-0.15, -0.1) is 11.6 Å². The first-order chi connectivity index (χ1) is 17.2. The number of aliphatic carboxylic acids is 1. The van der Waals surface area contributed by atoms with Crippen molar-refractivity contribution in [2.24, 2.45) is 0 Å². The number of carbonyl (C=O) groups is 3. The number of benzene rings is 3. The van der Waals surface area contributed by atoms with Crippen LogP contribution in [0.15, 0.2) is 60.7 Å². The maximum atomic E-state index is 13.7. The van der Waals surface area contributed by atoms with Crippen molar-refractivity contribution in [2.75, 3.05) is 16.8 Å². The molecule has 3 aromatic carbocycles. The van der Waals surface area contributed by atoms with Crippen molar-refractivity contribution in [2.45, 2.75) is 38.0 Å². The Morgan fingerprint density at radius 3 is 2.44 bits per heavy atom. The molecular formula is C28H26Cl2N2O4. The van der Waals surface area contributed by atoms with E-state index in [2.05, 4.69) is 5.32 Å². The van der Waals surface area contributed by atoms with Crippen molar-refractivity contribution in [3.63, 3.8) is 0 Å². The van der Waals surface area contributed by atoms with Gasteiger partial charge in [0.25, 0.3) is 11.8 Å². The highest BCUT2D eigenvalue weighted by Crippen LogP contribution is 2.40. The number of hydrogen-bond donors (Lipinski definition) is 2. The summed E-state index contributed by atoms with van der Waals surface area (Å²) in [7, 11) is 0. The largest absolute Gasteiger partial charge is 0.480 e. The van der Waals surface area contributed by atoms with Gasteiger partial charge in [-0.25, -0.2) is 0 Å². The number of carbonyl (C=O) groups excluding carboxylic acids is 2. The van der Waals surface area contributed by atoms with Gasteiger partial charge in [0.05, 0.1) is 0 Å². The highest BCUT2D eigenvalue weighted by atomic mass is 35.5. The minimum absolute atomic E-state index is 0.213. The van der Waals surface area contributed by atoms with Crippen molar-refractivity contribution in [3.05, 3.63) is 93.5 Å². The number of halogens is 2. The van der Waals surface area contributed by atoms with E-state index in [1.165, 1.54) is 0 Å². The smallest absolute Gasteiger partial charge is 0.322 e. The second kappa shape index (κ2) is 10.7. The van der Waals surface area contributed by atoms with Crippen molar-refractivity contribution in [1.29, 1.82) is 0 Å². The van der Waals surface area contributed by atoms with Gasteiger partial charge in [0, 0.05) is 40.0 Å². The Hall–Kier alpha value is -3.35. The van der Waals surface area contributed by atoms with E-state index in [0.717, 1.165) is 5.56 Å². The van der Waals surface area contributed by atoms with Gasteiger partial charge in [-0.3, -0.25) is 14.4 Å². The zero-order valence-corrected chi connectivity index (χ0v) is 21.4. The molecule has 2 N–H and O–H groups in total. The number of rotatable bonds is 5. The Kier molecular flexibility index (Phi) is 7.67. The molecule has 4 rings (SSSR count). The van der Waals surface area contributed by atoms with Crippen molar-refractivity contribution < 1.29 is 19.5 Å². The van der Waals surface area contributed by atoms with Crippen LogP contribution in [0.3, 0.4) is 0 Å². The third-order valence-corrected chi connectivity index (χ3v) is 7.24. The minimum Gasteiger partial charge on any atom is -0.480 e. The molecule has 0 spiro atoms. The van der Waals surface area contributed by atoms with Crippen molar-refractivity contribution >= 4 is 52.4 Å². The van der Waals surface area contributed by atoms with Crippen LogP contribution in [0.4, 0.5) is 11.4 Å². The Labute approximate surface area is 219 Å². The Morgan fingerprint density at radius 1 is 1.00 bits per heavy atom. The van der Waals surface area contributed by atoms with Crippen LogP contribution in [-0.4, -0.2) is 34.8 Å². The molecule has 0 saturated carbocycles. The van der Waals surface area contributed by atoms with E-state index < -0.39 is 17.3 Å². The van der Waals surface area contributed by atoms with E-state index in [0.29, 0.717) is 58.0 Å². The molecular weight excluding hydrogens is 499 g/mol. The molecule has 2 atom stereocenters. The molecule has 2 unspecified atom stereocenters. The van der Waals surface area contributed by atoms with Gasteiger partial charge in [0.1, 0.15) is 5.38 Å². The van der Waals surface area contributed by atoms with Gasteiger partial charge >= 0.3 is 5.97 Å². The molecule has 1 aliphatic heterocycles. The van der Waals surface area contributed by atoms with Crippen LogP contribution in [0.2, 0.25) is 5.02 Å². The quantitative estimate of drug-likeness (QED) is 0.376. The summed E-state index contributed by atoms with van der Waals surface area (Å²) in [6, 6.07) is 17.6. The first kappa shape index (κ1) is 25.7. The lowest BCUT2D eigenvalue weighted by Crippen LogP contribution is -2.32. The van der Waals surface area contributed by atoms with Crippen LogP contribution < -0.4 is 10.2 Å². The van der Waals surface area contributed by atoms with Gasteiger partial charge < -0.3 is 15.3 Å². The second-order valence-electron chi connectivity index (χ2n) is 8.95. The summed E-state index contributed by atoms with van der Waals surface area (Å²) in [5, 5.41) is 11.7. The molecule has 6 nitrogen and oxygen atoms in total. The Morgan fingerprint density at radius 2 is 1.75 bits per heavy atom. The average Bonchev–Trinajstić information content (AvgIpc) is 3.02. The summed E-state index contributed by atoms with van der Waals surface area (Å²) in [6.07, 6.45) is 1.10. The fraction of sp³-hybridized carbons (Fsp3) is 0.250. The molecule has 186 valence electrons. The Bertz CT molecular complexity index is 1340. The van der Waals surface area contributed by atoms with Gasteiger partial charge in [-0.1, -0.05) is 29.8 Å². The van der Waals surface area contributed by atoms with E-state index in [4.69, 9.17) is 23.2 Å². The number of carboxylic acids is 1. The monoisotopic (exact) mass is 524 g/mol. The van der Waals surface area contributed by atoms with Gasteiger partial charge in [-0.05, 0) is 85.8 Å². The van der Waals surface area contributed by atoms with Crippen molar-refractivity contribution in [1.82, 2.24) is 0 Å². The van der Waals surface area contributed by atoms with Crippen LogP contribution >= 0.6 is 23.2 Å². The number of alkyl halides is 1. The fourth-order valence-electron chi connectivity index (χ4n) is 4.65. The Balaban J connectivity index is 1.62. The number of aryl methyl sites for hydroxylation is 2. The summed E-state index contributed by atoms with van der Waals surface area (Å²) >= 11 is 12.5. The molecule has 2 amide bonds. The molecule has 0 radical (unpaired) electrons. The maximum absolute atomic E-state index is 13.7. The van der Waals surface area contributed by atoms with Gasteiger partial charge in [0.15, 0.2) is 0 Å². The summed E-state index contributed by atoms with van der Waals surface area (Å²) in [4.78, 5) is 39.7. The standard InChI is InChI=1S/C28H26Cl2N2O4/c1-16-6-3-4-7-20(16)26(33)31-19-10-11-21(17(2)14-19)27(34)32-13-5-8-22(25(30)28(35)36)23-15-18(29)9-12-24(23)32/h3-4,6-7,9-12,14-15,22,25H,5,8,13H2,1-2H3,(H,31,33)(H,35,36). The SMILES string of the molecule is Cc1ccccc1C(=O)Nc1ccc(C(=O)N2CCCC(C(Cl)C(=O)O)c3cc(Cl)ccc32)c(C)c1. The number of nitrogens with zero attached hydrogens (tertiary/aromatic N) is 1.